The van der Waals surface area contributed by atoms with Crippen LogP contribution in [-0.4, -0.2) is 67.4 Å². The van der Waals surface area contributed by atoms with E-state index in [1.165, 1.54) is 0 Å². The van der Waals surface area contributed by atoms with Crippen molar-refractivity contribution in [3.63, 3.8) is 0 Å². The second-order valence-corrected chi connectivity index (χ2v) is 8.02. The van der Waals surface area contributed by atoms with Gasteiger partial charge < -0.3 is 33.5 Å². The van der Waals surface area contributed by atoms with E-state index in [1.54, 1.807) is 23.1 Å². The molecule has 1 aromatic heterocycles. The summed E-state index contributed by atoms with van der Waals surface area (Å²) in [4.78, 5) is 16.5. The Bertz CT molecular complexity index is 1210. The first-order chi connectivity index (χ1) is 16.7. The first kappa shape index (κ1) is 20.4. The summed E-state index contributed by atoms with van der Waals surface area (Å²) in [5.74, 6) is 4.07. The van der Waals surface area contributed by atoms with Gasteiger partial charge >= 0.3 is 0 Å². The van der Waals surface area contributed by atoms with E-state index in [0.717, 1.165) is 22.8 Å². The van der Waals surface area contributed by atoms with Crippen LogP contribution in [-0.2, 0) is 4.79 Å². The number of hydrogen-bond acceptors (Lipinski definition) is 9. The molecule has 10 nitrogen and oxygen atoms in total. The molecule has 0 unspecified atom stereocenters. The summed E-state index contributed by atoms with van der Waals surface area (Å²) in [6.07, 6.45) is 0. The van der Waals surface area contributed by atoms with E-state index in [-0.39, 0.29) is 26.1 Å². The number of anilines is 1. The minimum absolute atomic E-state index is 0.0241. The van der Waals surface area contributed by atoms with Crippen molar-refractivity contribution in [3.05, 3.63) is 48.5 Å². The molecule has 3 aliphatic heterocycles. The number of fused-ring (bicyclic) bond motifs is 2. The quantitative estimate of drug-likeness (QED) is 0.566. The van der Waals surface area contributed by atoms with E-state index in [0.29, 0.717) is 49.2 Å². The van der Waals surface area contributed by atoms with Gasteiger partial charge in [-0.1, -0.05) is 0 Å². The van der Waals surface area contributed by atoms with Gasteiger partial charge in [-0.2, -0.15) is 0 Å². The van der Waals surface area contributed by atoms with E-state index < -0.39 is 0 Å². The molecule has 1 amide bonds. The molecule has 0 N–H and O–H groups in total. The molecule has 2 aromatic carbocycles. The van der Waals surface area contributed by atoms with Gasteiger partial charge in [-0.25, -0.2) is 0 Å². The summed E-state index contributed by atoms with van der Waals surface area (Å²) < 4.78 is 27.1. The number of aromatic nitrogens is 2. The Labute approximate surface area is 195 Å². The number of nitrogens with zero attached hydrogens (tertiary/aromatic N) is 4. The van der Waals surface area contributed by atoms with Gasteiger partial charge in [0.05, 0.1) is 5.69 Å². The predicted molar refractivity (Wildman–Crippen MR) is 120 cm³/mol. The Morgan fingerprint density at radius 2 is 1.50 bits per heavy atom. The summed E-state index contributed by atoms with van der Waals surface area (Å²) >= 11 is 0. The summed E-state index contributed by atoms with van der Waals surface area (Å²) in [5.41, 5.74) is 1.68. The Morgan fingerprint density at radius 3 is 2.24 bits per heavy atom. The van der Waals surface area contributed by atoms with Crippen LogP contribution >= 0.6 is 0 Å². The maximum atomic E-state index is 12.6. The highest BCUT2D eigenvalue weighted by molar-refractivity contribution is 5.78. The Kier molecular flexibility index (Phi) is 5.17. The third-order valence-electron chi connectivity index (χ3n) is 5.98. The molecule has 0 aliphatic carbocycles. The first-order valence-corrected chi connectivity index (χ1v) is 11.0. The number of hydrogen-bond donors (Lipinski definition) is 0. The van der Waals surface area contributed by atoms with Gasteiger partial charge in [-0.05, 0) is 42.5 Å². The number of rotatable bonds is 5. The van der Waals surface area contributed by atoms with Crippen molar-refractivity contribution in [2.24, 2.45) is 0 Å². The van der Waals surface area contributed by atoms with Gasteiger partial charge in [0.1, 0.15) is 5.75 Å². The van der Waals surface area contributed by atoms with Gasteiger partial charge in [-0.15, -0.1) is 10.2 Å². The molecule has 1 saturated heterocycles. The lowest BCUT2D eigenvalue weighted by Crippen LogP contribution is -2.50. The van der Waals surface area contributed by atoms with Gasteiger partial charge in [0.25, 0.3) is 5.91 Å². The highest BCUT2D eigenvalue weighted by Crippen LogP contribution is 2.36. The third-order valence-corrected chi connectivity index (χ3v) is 5.98. The first-order valence-electron chi connectivity index (χ1n) is 11.0. The lowest BCUT2D eigenvalue weighted by atomic mass is 10.1. The van der Waals surface area contributed by atoms with Crippen LogP contribution in [0.25, 0.3) is 11.3 Å². The molecular formula is C24H22N4O6. The second-order valence-electron chi connectivity index (χ2n) is 8.02. The fraction of sp³-hybridized carbons (Fsp3) is 0.292. The van der Waals surface area contributed by atoms with Crippen molar-refractivity contribution in [1.82, 2.24) is 15.1 Å². The fourth-order valence-electron chi connectivity index (χ4n) is 4.09. The van der Waals surface area contributed by atoms with Crippen molar-refractivity contribution in [2.45, 2.75) is 0 Å². The minimum atomic E-state index is -0.0541. The Hall–Kier alpha value is -4.21. The van der Waals surface area contributed by atoms with E-state index in [4.69, 9.17) is 23.7 Å². The lowest BCUT2D eigenvalue weighted by Gasteiger charge is -2.35. The fourth-order valence-corrected chi connectivity index (χ4v) is 4.09. The molecule has 0 atom stereocenters. The second kappa shape index (κ2) is 8.62. The molecule has 174 valence electrons. The molecule has 0 saturated carbocycles. The largest absolute Gasteiger partial charge is 0.484 e. The maximum Gasteiger partial charge on any atom is 0.260 e. The minimum Gasteiger partial charge on any atom is -0.484 e. The molecule has 3 aliphatic rings. The average molecular weight is 462 g/mol. The van der Waals surface area contributed by atoms with Gasteiger partial charge in [-0.3, -0.25) is 4.79 Å². The summed E-state index contributed by atoms with van der Waals surface area (Å²) in [7, 11) is 0. The standard InChI is InChI=1S/C24H22N4O6/c29-24(13-30-17-2-5-20-22(12-17)34-15-32-20)28-9-7-27(8-10-28)23-6-3-18(25-26-23)16-1-4-19-21(11-16)33-14-31-19/h1-6,11-12H,7-10,13-15H2. The SMILES string of the molecule is O=C(COc1ccc2c(c1)OCO2)N1CCN(c2ccc(-c3ccc4c(c3)OCO4)nn2)CC1. The zero-order valence-electron chi connectivity index (χ0n) is 18.3. The zero-order chi connectivity index (χ0) is 22.9. The third kappa shape index (κ3) is 3.98. The number of piperazine rings is 1. The maximum absolute atomic E-state index is 12.6. The molecule has 0 spiro atoms. The lowest BCUT2D eigenvalue weighted by molar-refractivity contribution is -0.133. The van der Waals surface area contributed by atoms with E-state index >= 15 is 0 Å². The normalized spacial score (nSPS) is 16.0. The smallest absolute Gasteiger partial charge is 0.260 e. The van der Waals surface area contributed by atoms with Gasteiger partial charge in [0.2, 0.25) is 13.6 Å². The van der Waals surface area contributed by atoms with Crippen LogP contribution in [0.2, 0.25) is 0 Å². The van der Waals surface area contributed by atoms with Crippen LogP contribution in [0, 0.1) is 0 Å². The number of carbonyl (C=O) groups is 1. The van der Waals surface area contributed by atoms with Crippen LogP contribution in [0.4, 0.5) is 5.82 Å². The van der Waals surface area contributed by atoms with Gasteiger partial charge in [0.15, 0.2) is 35.4 Å². The van der Waals surface area contributed by atoms with Crippen LogP contribution in [0.5, 0.6) is 28.7 Å². The van der Waals surface area contributed by atoms with E-state index in [9.17, 15) is 4.79 Å². The van der Waals surface area contributed by atoms with Crippen LogP contribution in [0.1, 0.15) is 0 Å². The van der Waals surface area contributed by atoms with Crippen molar-refractivity contribution in [1.29, 1.82) is 0 Å². The van der Waals surface area contributed by atoms with E-state index in [2.05, 4.69) is 15.1 Å². The molecule has 10 heteroatoms. The number of amides is 1. The highest BCUT2D eigenvalue weighted by atomic mass is 16.7. The van der Waals surface area contributed by atoms with Crippen molar-refractivity contribution < 1.29 is 28.5 Å². The van der Waals surface area contributed by atoms with Crippen molar-refractivity contribution >= 4 is 11.7 Å². The molecule has 4 heterocycles. The molecule has 3 aromatic rings. The molecule has 6 rings (SSSR count). The summed E-state index contributed by atoms with van der Waals surface area (Å²) in [5, 5.41) is 8.78. The number of ether oxygens (including phenoxy) is 5. The van der Waals surface area contributed by atoms with Gasteiger partial charge in [0, 0.05) is 37.8 Å². The predicted octanol–water partition coefficient (Wildman–Crippen LogP) is 2.33. The Morgan fingerprint density at radius 1 is 0.794 bits per heavy atom. The molecule has 34 heavy (non-hydrogen) atoms. The van der Waals surface area contributed by atoms with E-state index in [1.807, 2.05) is 30.3 Å². The molecule has 0 radical (unpaired) electrons. The molecule has 1 fully saturated rings. The highest BCUT2D eigenvalue weighted by Gasteiger charge is 2.23. The van der Waals surface area contributed by atoms with Crippen LogP contribution in [0.15, 0.2) is 48.5 Å². The monoisotopic (exact) mass is 462 g/mol. The van der Waals surface area contributed by atoms with Crippen molar-refractivity contribution in [2.75, 3.05) is 51.3 Å². The topological polar surface area (TPSA) is 95.5 Å². The average Bonchev–Trinajstić information content (AvgIpc) is 3.56. The van der Waals surface area contributed by atoms with Crippen LogP contribution in [0.3, 0.4) is 0 Å². The summed E-state index contributed by atoms with van der Waals surface area (Å²) in [6, 6.07) is 14.9. The van der Waals surface area contributed by atoms with Crippen molar-refractivity contribution in [3.8, 4) is 40.0 Å². The molecule has 0 bridgehead atoms. The Balaban J connectivity index is 1.02. The summed E-state index contributed by atoms with van der Waals surface area (Å²) in [6.45, 7) is 2.95. The zero-order valence-corrected chi connectivity index (χ0v) is 18.3. The number of carbonyl (C=O) groups excluding carboxylic acids is 1. The molecular weight excluding hydrogens is 440 g/mol. The number of benzene rings is 2. The van der Waals surface area contributed by atoms with Crippen LogP contribution < -0.4 is 28.6 Å².